The van der Waals surface area contributed by atoms with Crippen LogP contribution in [0.1, 0.15) is 21.0 Å². The number of carboxylic acid groups (broad SMARTS) is 2. The fraction of sp³-hybridized carbons (Fsp3) is 0. The van der Waals surface area contributed by atoms with Gasteiger partial charge in [0.15, 0.2) is 0 Å². The van der Waals surface area contributed by atoms with Crippen molar-refractivity contribution in [3.63, 3.8) is 0 Å². The molecule has 0 N–H and O–H groups in total. The number of aromatic nitrogens is 2. The minimum atomic E-state index is -1.24. The van der Waals surface area contributed by atoms with E-state index in [0.717, 1.165) is 0 Å². The molecule has 2 heterocycles. The van der Waals surface area contributed by atoms with Crippen molar-refractivity contribution in [1.29, 1.82) is 0 Å². The van der Waals surface area contributed by atoms with Crippen molar-refractivity contribution in [3.05, 3.63) is 60.2 Å². The summed E-state index contributed by atoms with van der Waals surface area (Å²) in [7, 11) is 0. The normalized spacial score (nSPS) is 8.42. The number of rotatable bonds is 2. The molecule has 0 amide bonds. The van der Waals surface area contributed by atoms with Gasteiger partial charge in [0.1, 0.15) is 0 Å². The Morgan fingerprint density at radius 2 is 1.16 bits per heavy atom. The molecule has 0 fully saturated rings. The van der Waals surface area contributed by atoms with Gasteiger partial charge in [0.2, 0.25) is 0 Å². The molecule has 0 aliphatic carbocycles. The monoisotopic (exact) mass is 296 g/mol. The topological polar surface area (TPSA) is 106 Å². The van der Waals surface area contributed by atoms with Crippen molar-refractivity contribution < 1.29 is 37.2 Å². The van der Waals surface area contributed by atoms with Gasteiger partial charge in [-0.15, -0.1) is 0 Å². The predicted molar refractivity (Wildman–Crippen MR) is 57.1 cm³/mol. The Balaban J connectivity index is 0.000000324. The number of hydrogen-bond donors (Lipinski definition) is 0. The first-order valence-electron chi connectivity index (χ1n) is 4.86. The molecular weight excluding hydrogens is 288 g/mol. The van der Waals surface area contributed by atoms with Crippen LogP contribution in [0.25, 0.3) is 0 Å². The summed E-state index contributed by atoms with van der Waals surface area (Å²) < 4.78 is 0. The molecule has 2 aromatic rings. The van der Waals surface area contributed by atoms with E-state index in [4.69, 9.17) is 0 Å². The van der Waals surface area contributed by atoms with E-state index in [1.165, 1.54) is 24.5 Å². The number of hydrogen-bond acceptors (Lipinski definition) is 6. The van der Waals surface area contributed by atoms with Gasteiger partial charge in [-0.25, -0.2) is 0 Å². The molecular formula is C12H8CrN2O4. The molecule has 0 aromatic carbocycles. The zero-order valence-corrected chi connectivity index (χ0v) is 10.8. The molecule has 0 aliphatic heterocycles. The van der Waals surface area contributed by atoms with Gasteiger partial charge in [0.25, 0.3) is 0 Å². The minimum absolute atomic E-state index is 0. The van der Waals surface area contributed by atoms with Crippen molar-refractivity contribution in [2.75, 3.05) is 0 Å². The fourth-order valence-electron chi connectivity index (χ4n) is 0.967. The van der Waals surface area contributed by atoms with Gasteiger partial charge in [-0.3, -0.25) is 9.97 Å². The van der Waals surface area contributed by atoms with Crippen LogP contribution in [0.5, 0.6) is 0 Å². The third-order valence-electron chi connectivity index (χ3n) is 1.75. The molecule has 2 aromatic heterocycles. The predicted octanol–water partition coefficient (Wildman–Crippen LogP) is -1.11. The molecule has 0 atom stereocenters. The molecule has 19 heavy (non-hydrogen) atoms. The van der Waals surface area contributed by atoms with Crippen LogP contribution in [0.3, 0.4) is 0 Å². The zero-order valence-electron chi connectivity index (χ0n) is 9.55. The second kappa shape index (κ2) is 8.80. The Kier molecular flexibility index (Phi) is 7.77. The molecule has 0 aliphatic rings. The van der Waals surface area contributed by atoms with Crippen LogP contribution in [0.4, 0.5) is 0 Å². The third kappa shape index (κ3) is 6.31. The Labute approximate surface area is 119 Å². The smallest absolute Gasteiger partial charge is 0.543 e. The van der Waals surface area contributed by atoms with E-state index in [1.807, 2.05) is 0 Å². The van der Waals surface area contributed by atoms with Crippen molar-refractivity contribution in [3.8, 4) is 0 Å². The molecule has 0 unspecified atom stereocenters. The molecule has 0 saturated heterocycles. The van der Waals surface area contributed by atoms with E-state index >= 15 is 0 Å². The van der Waals surface area contributed by atoms with Crippen LogP contribution in [-0.2, 0) is 17.4 Å². The SMILES string of the molecule is O=C([O-])c1ccccn1.O=C([O-])c1ccccn1.[Cr+2]. The fourth-order valence-corrected chi connectivity index (χ4v) is 0.967. The van der Waals surface area contributed by atoms with Crippen LogP contribution < -0.4 is 10.2 Å². The van der Waals surface area contributed by atoms with Gasteiger partial charge in [-0.2, -0.15) is 0 Å². The summed E-state index contributed by atoms with van der Waals surface area (Å²) in [6.07, 6.45) is 2.82. The first-order valence-corrected chi connectivity index (χ1v) is 4.86. The maximum atomic E-state index is 10.0. The number of carboxylic acids is 2. The first-order chi connectivity index (χ1) is 8.61. The van der Waals surface area contributed by atoms with Crippen LogP contribution in [0.15, 0.2) is 48.8 Å². The summed E-state index contributed by atoms with van der Waals surface area (Å²) in [5.74, 6) is -2.48. The van der Waals surface area contributed by atoms with Crippen LogP contribution in [-0.4, -0.2) is 21.9 Å². The Bertz CT molecular complexity index is 470. The van der Waals surface area contributed by atoms with Gasteiger partial charge < -0.3 is 19.8 Å². The molecule has 0 spiro atoms. The van der Waals surface area contributed by atoms with Gasteiger partial charge in [-0.05, 0) is 24.3 Å². The number of carbonyl (C=O) groups is 2. The molecule has 2 rings (SSSR count). The molecule has 0 radical (unpaired) electrons. The number of pyridine rings is 2. The van der Waals surface area contributed by atoms with Crippen LogP contribution in [0, 0.1) is 0 Å². The van der Waals surface area contributed by atoms with Gasteiger partial charge >= 0.3 is 17.4 Å². The first kappa shape index (κ1) is 16.8. The number of aromatic carboxylic acids is 2. The maximum absolute atomic E-state index is 10.0. The van der Waals surface area contributed by atoms with E-state index in [0.29, 0.717) is 0 Å². The molecule has 0 saturated carbocycles. The summed E-state index contributed by atoms with van der Waals surface area (Å²) in [5.41, 5.74) is -0.0602. The second-order valence-electron chi connectivity index (χ2n) is 3.00. The summed E-state index contributed by atoms with van der Waals surface area (Å²) in [6, 6.07) is 9.25. The van der Waals surface area contributed by atoms with Crippen molar-refractivity contribution in [2.24, 2.45) is 0 Å². The summed E-state index contributed by atoms with van der Waals surface area (Å²) in [5, 5.41) is 20.1. The molecule has 96 valence electrons. The average Bonchev–Trinajstić information content (AvgIpc) is 2.41. The Morgan fingerprint density at radius 3 is 1.32 bits per heavy atom. The third-order valence-corrected chi connectivity index (χ3v) is 1.75. The van der Waals surface area contributed by atoms with Crippen molar-refractivity contribution in [1.82, 2.24) is 9.97 Å². The quantitative estimate of drug-likeness (QED) is 0.695. The Morgan fingerprint density at radius 1 is 0.789 bits per heavy atom. The zero-order chi connectivity index (χ0) is 13.4. The van der Waals surface area contributed by atoms with E-state index < -0.39 is 11.9 Å². The number of nitrogens with zero attached hydrogens (tertiary/aromatic N) is 2. The van der Waals surface area contributed by atoms with E-state index in [-0.39, 0.29) is 28.7 Å². The average molecular weight is 296 g/mol. The molecule has 0 bridgehead atoms. The summed E-state index contributed by atoms with van der Waals surface area (Å²) in [6.45, 7) is 0. The summed E-state index contributed by atoms with van der Waals surface area (Å²) in [4.78, 5) is 27.1. The van der Waals surface area contributed by atoms with Crippen molar-refractivity contribution >= 4 is 11.9 Å². The van der Waals surface area contributed by atoms with Gasteiger partial charge in [0.05, 0.1) is 23.3 Å². The maximum Gasteiger partial charge on any atom is 2.00 e. The van der Waals surface area contributed by atoms with E-state index in [9.17, 15) is 19.8 Å². The van der Waals surface area contributed by atoms with Crippen LogP contribution >= 0.6 is 0 Å². The standard InChI is InChI=1S/2C6H5NO2.Cr/c2*8-6(9)5-3-1-2-4-7-5;/h2*1-4H,(H,8,9);/q;;+2/p-2. The second-order valence-corrected chi connectivity index (χ2v) is 3.00. The molecule has 6 nitrogen and oxygen atoms in total. The summed E-state index contributed by atoms with van der Waals surface area (Å²) >= 11 is 0. The van der Waals surface area contributed by atoms with E-state index in [1.54, 1.807) is 24.3 Å². The number of carbonyl (C=O) groups excluding carboxylic acids is 2. The van der Waals surface area contributed by atoms with Crippen molar-refractivity contribution in [2.45, 2.75) is 0 Å². The molecule has 7 heteroatoms. The Hall–Kier alpha value is -2.23. The van der Waals surface area contributed by atoms with E-state index in [2.05, 4.69) is 9.97 Å². The van der Waals surface area contributed by atoms with Gasteiger partial charge in [0, 0.05) is 12.4 Å². The van der Waals surface area contributed by atoms with Crippen LogP contribution in [0.2, 0.25) is 0 Å². The van der Waals surface area contributed by atoms with Gasteiger partial charge in [-0.1, -0.05) is 12.1 Å². The minimum Gasteiger partial charge on any atom is -0.543 e. The largest absolute Gasteiger partial charge is 2.00 e.